The zero-order valence-corrected chi connectivity index (χ0v) is 22.7. The lowest BCUT2D eigenvalue weighted by molar-refractivity contribution is 0.415. The van der Waals surface area contributed by atoms with Crippen LogP contribution in [0.15, 0.2) is 83.9 Å². The molecule has 37 heavy (non-hydrogen) atoms. The van der Waals surface area contributed by atoms with Crippen molar-refractivity contribution in [1.82, 2.24) is 9.97 Å². The SMILES string of the molecule is COc1cccc(-c2c(C(C)C)sc3nc(C)cc(NS(=O)(=O)c4ccc(-c5ccccc5)nc4)c23)c1. The molecular weight excluding hydrogens is 502 g/mol. The van der Waals surface area contributed by atoms with Crippen LogP contribution in [0.3, 0.4) is 0 Å². The number of sulfonamides is 1. The molecule has 0 aliphatic rings. The average molecular weight is 530 g/mol. The van der Waals surface area contributed by atoms with E-state index in [1.165, 1.54) is 6.20 Å². The molecule has 3 heterocycles. The Morgan fingerprint density at radius 3 is 2.38 bits per heavy atom. The van der Waals surface area contributed by atoms with Gasteiger partial charge in [0, 0.05) is 33.3 Å². The highest BCUT2D eigenvalue weighted by Crippen LogP contribution is 2.46. The fourth-order valence-corrected chi connectivity index (χ4v) is 6.59. The van der Waals surface area contributed by atoms with Gasteiger partial charge in [0.2, 0.25) is 0 Å². The van der Waals surface area contributed by atoms with Crippen molar-refractivity contribution < 1.29 is 13.2 Å². The summed E-state index contributed by atoms with van der Waals surface area (Å²) in [6.45, 7) is 6.13. The predicted octanol–water partition coefficient (Wildman–Crippen LogP) is 7.27. The first-order chi connectivity index (χ1) is 17.8. The summed E-state index contributed by atoms with van der Waals surface area (Å²) in [5.74, 6) is 0.957. The molecule has 0 spiro atoms. The number of fused-ring (bicyclic) bond motifs is 1. The van der Waals surface area contributed by atoms with Crippen LogP contribution in [0, 0.1) is 6.92 Å². The third kappa shape index (κ3) is 4.95. The number of aromatic nitrogens is 2. The molecule has 0 fully saturated rings. The number of methoxy groups -OCH3 is 1. The summed E-state index contributed by atoms with van der Waals surface area (Å²) < 4.78 is 35.3. The fraction of sp³-hybridized carbons (Fsp3) is 0.172. The smallest absolute Gasteiger partial charge is 0.263 e. The summed E-state index contributed by atoms with van der Waals surface area (Å²) in [7, 11) is -2.27. The molecule has 0 aliphatic carbocycles. The van der Waals surface area contributed by atoms with E-state index < -0.39 is 10.0 Å². The predicted molar refractivity (Wildman–Crippen MR) is 151 cm³/mol. The van der Waals surface area contributed by atoms with Crippen LogP contribution in [-0.2, 0) is 10.0 Å². The van der Waals surface area contributed by atoms with Crippen LogP contribution in [0.5, 0.6) is 5.75 Å². The van der Waals surface area contributed by atoms with Gasteiger partial charge in [0.15, 0.2) is 0 Å². The molecule has 0 saturated heterocycles. The lowest BCUT2D eigenvalue weighted by atomic mass is 9.97. The van der Waals surface area contributed by atoms with Crippen molar-refractivity contribution >= 4 is 37.3 Å². The number of hydrogen-bond donors (Lipinski definition) is 1. The first-order valence-electron chi connectivity index (χ1n) is 11.9. The van der Waals surface area contributed by atoms with Gasteiger partial charge in [0.05, 0.1) is 18.5 Å². The largest absolute Gasteiger partial charge is 0.497 e. The molecule has 0 aliphatic heterocycles. The van der Waals surface area contributed by atoms with Gasteiger partial charge in [-0.3, -0.25) is 9.71 Å². The highest BCUT2D eigenvalue weighted by Gasteiger charge is 2.24. The second-order valence-corrected chi connectivity index (χ2v) is 11.8. The second kappa shape index (κ2) is 9.95. The van der Waals surface area contributed by atoms with Crippen molar-refractivity contribution in [2.45, 2.75) is 31.6 Å². The Morgan fingerprint density at radius 2 is 1.70 bits per heavy atom. The molecule has 5 aromatic rings. The Bertz CT molecular complexity index is 1680. The van der Waals surface area contributed by atoms with Crippen LogP contribution >= 0.6 is 11.3 Å². The van der Waals surface area contributed by atoms with E-state index in [1.807, 2.05) is 61.5 Å². The first-order valence-corrected chi connectivity index (χ1v) is 14.2. The van der Waals surface area contributed by atoms with Gasteiger partial charge in [-0.25, -0.2) is 13.4 Å². The summed E-state index contributed by atoms with van der Waals surface area (Å²) in [5, 5.41) is 0.782. The number of nitrogens with one attached hydrogen (secondary N) is 1. The van der Waals surface area contributed by atoms with Crippen molar-refractivity contribution in [3.05, 3.63) is 89.6 Å². The highest BCUT2D eigenvalue weighted by molar-refractivity contribution is 7.92. The molecule has 1 N–H and O–H groups in total. The standard InChI is InChI=1S/C29H27N3O3S2/c1-18(2)28-26(21-11-8-12-22(16-21)35-4)27-25(15-19(3)31-29(27)36-28)32-37(33,34)23-13-14-24(30-17-23)20-9-6-5-7-10-20/h5-18H,1-4H3,(H,31,32). The minimum absolute atomic E-state index is 0.0945. The Balaban J connectivity index is 1.62. The molecule has 6 nitrogen and oxygen atoms in total. The summed E-state index contributed by atoms with van der Waals surface area (Å²) in [5.41, 5.74) is 4.78. The summed E-state index contributed by atoms with van der Waals surface area (Å²) in [6.07, 6.45) is 1.39. The van der Waals surface area contributed by atoms with Crippen molar-refractivity contribution in [3.8, 4) is 28.1 Å². The molecule has 0 saturated carbocycles. The number of pyridine rings is 2. The van der Waals surface area contributed by atoms with Gasteiger partial charge in [-0.05, 0) is 48.7 Å². The van der Waals surface area contributed by atoms with Crippen molar-refractivity contribution in [3.63, 3.8) is 0 Å². The molecule has 8 heteroatoms. The monoisotopic (exact) mass is 529 g/mol. The van der Waals surface area contributed by atoms with Crippen molar-refractivity contribution in [1.29, 1.82) is 0 Å². The van der Waals surface area contributed by atoms with Crippen LogP contribution in [-0.4, -0.2) is 25.5 Å². The third-order valence-electron chi connectivity index (χ3n) is 6.06. The van der Waals surface area contributed by atoms with Crippen LogP contribution in [0.2, 0.25) is 0 Å². The molecule has 3 aromatic heterocycles. The average Bonchev–Trinajstić information content (AvgIpc) is 3.29. The molecule has 5 rings (SSSR count). The van der Waals surface area contributed by atoms with Gasteiger partial charge in [-0.1, -0.05) is 56.3 Å². The van der Waals surface area contributed by atoms with Crippen LogP contribution < -0.4 is 9.46 Å². The number of rotatable bonds is 7. The van der Waals surface area contributed by atoms with E-state index in [0.29, 0.717) is 11.4 Å². The zero-order valence-electron chi connectivity index (χ0n) is 21.0. The summed E-state index contributed by atoms with van der Waals surface area (Å²) in [6, 6.07) is 22.6. The van der Waals surface area contributed by atoms with Crippen molar-refractivity contribution in [2.24, 2.45) is 0 Å². The minimum atomic E-state index is -3.90. The lowest BCUT2D eigenvalue weighted by Crippen LogP contribution is -2.14. The van der Waals surface area contributed by atoms with E-state index in [0.717, 1.165) is 43.2 Å². The van der Waals surface area contributed by atoms with E-state index in [4.69, 9.17) is 9.72 Å². The molecular formula is C29H27N3O3S2. The van der Waals surface area contributed by atoms with E-state index in [-0.39, 0.29) is 10.8 Å². The zero-order chi connectivity index (χ0) is 26.2. The molecule has 188 valence electrons. The number of anilines is 1. The van der Waals surface area contributed by atoms with Gasteiger partial charge in [0.25, 0.3) is 10.0 Å². The summed E-state index contributed by atoms with van der Waals surface area (Å²) in [4.78, 5) is 11.2. The van der Waals surface area contributed by atoms with E-state index in [1.54, 1.807) is 36.6 Å². The maximum atomic E-state index is 13.5. The molecule has 0 unspecified atom stereocenters. The van der Waals surface area contributed by atoms with Crippen LogP contribution in [0.1, 0.15) is 30.3 Å². The number of nitrogens with zero attached hydrogens (tertiary/aromatic N) is 2. The quantitative estimate of drug-likeness (QED) is 0.240. The number of aryl methyl sites for hydroxylation is 1. The van der Waals surface area contributed by atoms with Crippen LogP contribution in [0.4, 0.5) is 5.69 Å². The highest BCUT2D eigenvalue weighted by atomic mass is 32.2. The maximum Gasteiger partial charge on any atom is 0.263 e. The molecule has 0 amide bonds. The first kappa shape index (κ1) is 24.9. The van der Waals surface area contributed by atoms with Gasteiger partial charge in [-0.15, -0.1) is 11.3 Å². The Kier molecular flexibility index (Phi) is 6.70. The Morgan fingerprint density at radius 1 is 0.946 bits per heavy atom. The Hall–Kier alpha value is -3.75. The third-order valence-corrected chi connectivity index (χ3v) is 8.80. The number of thiophene rings is 1. The normalized spacial score (nSPS) is 11.7. The van der Waals surface area contributed by atoms with E-state index in [2.05, 4.69) is 23.6 Å². The van der Waals surface area contributed by atoms with Gasteiger partial charge < -0.3 is 4.74 Å². The van der Waals surface area contributed by atoms with E-state index in [9.17, 15) is 8.42 Å². The molecule has 0 atom stereocenters. The second-order valence-electron chi connectivity index (χ2n) is 9.07. The topological polar surface area (TPSA) is 81.2 Å². The molecule has 0 radical (unpaired) electrons. The number of ether oxygens (including phenoxy) is 1. The number of hydrogen-bond acceptors (Lipinski definition) is 6. The Labute approximate surface area is 221 Å². The van der Waals surface area contributed by atoms with Gasteiger partial charge in [0.1, 0.15) is 15.5 Å². The van der Waals surface area contributed by atoms with E-state index >= 15 is 0 Å². The molecule has 0 bridgehead atoms. The van der Waals surface area contributed by atoms with Crippen LogP contribution in [0.25, 0.3) is 32.6 Å². The summed E-state index contributed by atoms with van der Waals surface area (Å²) >= 11 is 1.59. The maximum absolute atomic E-state index is 13.5. The van der Waals surface area contributed by atoms with Crippen molar-refractivity contribution in [2.75, 3.05) is 11.8 Å². The minimum Gasteiger partial charge on any atom is -0.497 e. The number of benzene rings is 2. The van der Waals surface area contributed by atoms with Gasteiger partial charge in [-0.2, -0.15) is 0 Å². The van der Waals surface area contributed by atoms with Gasteiger partial charge >= 0.3 is 0 Å². The lowest BCUT2D eigenvalue weighted by Gasteiger charge is -2.14. The molecule has 2 aromatic carbocycles. The fourth-order valence-electron chi connectivity index (χ4n) is 4.31.